The highest BCUT2D eigenvalue weighted by molar-refractivity contribution is 6.02. The number of anilines is 1. The molecular weight excluding hydrogens is 354 g/mol. The molecule has 0 atom stereocenters. The summed E-state index contributed by atoms with van der Waals surface area (Å²) in [5, 5.41) is 11.4. The number of hydrogen-bond acceptors (Lipinski definition) is 6. The molecule has 8 nitrogen and oxygen atoms in total. The van der Waals surface area contributed by atoms with Crippen LogP contribution in [0.1, 0.15) is 34.7 Å². The van der Waals surface area contributed by atoms with Crippen LogP contribution < -0.4 is 5.32 Å². The molecule has 0 saturated carbocycles. The van der Waals surface area contributed by atoms with E-state index >= 15 is 0 Å². The van der Waals surface area contributed by atoms with Gasteiger partial charge in [0.25, 0.3) is 11.7 Å². The summed E-state index contributed by atoms with van der Waals surface area (Å²) in [5.74, 6) is 0.325. The highest BCUT2D eigenvalue weighted by Gasteiger charge is 2.17. The second-order valence-electron chi connectivity index (χ2n) is 6.72. The van der Waals surface area contributed by atoms with Gasteiger partial charge in [0.05, 0.1) is 17.6 Å². The van der Waals surface area contributed by atoms with Crippen LogP contribution in [0.4, 0.5) is 5.69 Å². The monoisotopic (exact) mass is 371 g/mol. The molecule has 5 rings (SSSR count). The molecule has 1 aliphatic carbocycles. The smallest absolute Gasteiger partial charge is 0.275 e. The molecule has 3 heterocycles. The Morgan fingerprint density at radius 3 is 2.71 bits per heavy atom. The normalized spacial score (nSPS) is 13.3. The third-order valence-corrected chi connectivity index (χ3v) is 4.88. The first kappa shape index (κ1) is 16.5. The molecule has 28 heavy (non-hydrogen) atoms. The fourth-order valence-electron chi connectivity index (χ4n) is 3.46. The molecule has 138 valence electrons. The van der Waals surface area contributed by atoms with Gasteiger partial charge in [-0.2, -0.15) is 5.10 Å². The first-order valence-electron chi connectivity index (χ1n) is 9.19. The molecule has 0 fully saturated rings. The van der Waals surface area contributed by atoms with Gasteiger partial charge in [0.2, 0.25) is 0 Å². The van der Waals surface area contributed by atoms with Crippen molar-refractivity contribution in [3.63, 3.8) is 0 Å². The zero-order valence-corrected chi connectivity index (χ0v) is 15.0. The Labute approximate surface area is 160 Å². The summed E-state index contributed by atoms with van der Waals surface area (Å²) in [7, 11) is 0. The van der Waals surface area contributed by atoms with Crippen molar-refractivity contribution < 1.29 is 4.79 Å². The molecule has 0 bridgehead atoms. The third-order valence-electron chi connectivity index (χ3n) is 4.88. The number of amides is 1. The highest BCUT2D eigenvalue weighted by Crippen LogP contribution is 2.24. The van der Waals surface area contributed by atoms with Gasteiger partial charge in [0.1, 0.15) is 5.69 Å². The first-order valence-corrected chi connectivity index (χ1v) is 9.19. The predicted octanol–water partition coefficient (Wildman–Crippen LogP) is 2.71. The maximum absolute atomic E-state index is 12.2. The van der Waals surface area contributed by atoms with Crippen LogP contribution in [0.3, 0.4) is 0 Å². The number of rotatable bonds is 3. The lowest BCUT2D eigenvalue weighted by atomic mass is 10.0. The summed E-state index contributed by atoms with van der Waals surface area (Å²) in [6, 6.07) is 7.53. The number of nitrogens with zero attached hydrogens (tertiary/aromatic N) is 6. The van der Waals surface area contributed by atoms with Crippen molar-refractivity contribution in [2.24, 2.45) is 0 Å². The lowest BCUT2D eigenvalue weighted by Crippen LogP contribution is -2.13. The molecule has 1 aromatic carbocycles. The van der Waals surface area contributed by atoms with Gasteiger partial charge in [-0.05, 0) is 37.8 Å². The van der Waals surface area contributed by atoms with E-state index in [0.717, 1.165) is 36.2 Å². The number of nitrogens with one attached hydrogen (secondary N) is 1. The van der Waals surface area contributed by atoms with Crippen molar-refractivity contribution in [2.75, 3.05) is 5.32 Å². The molecule has 0 radical (unpaired) electrons. The van der Waals surface area contributed by atoms with Crippen molar-refractivity contribution in [3.05, 3.63) is 66.1 Å². The van der Waals surface area contributed by atoms with Gasteiger partial charge in [-0.1, -0.05) is 12.1 Å². The van der Waals surface area contributed by atoms with Gasteiger partial charge in [0, 0.05) is 35.5 Å². The molecule has 0 unspecified atom stereocenters. The largest absolute Gasteiger partial charge is 0.321 e. The van der Waals surface area contributed by atoms with Gasteiger partial charge in [0.15, 0.2) is 0 Å². The molecule has 0 spiro atoms. The van der Waals surface area contributed by atoms with Crippen LogP contribution in [0.5, 0.6) is 0 Å². The zero-order chi connectivity index (χ0) is 18.9. The SMILES string of the molecule is O=C(Nc1ccc(-c2cn3c4c(nnc3n2)CCCC4)cc1)c1cnccn1. The summed E-state index contributed by atoms with van der Waals surface area (Å²) in [5.41, 5.74) is 5.02. The molecule has 0 aliphatic heterocycles. The Kier molecular flexibility index (Phi) is 4.01. The predicted molar refractivity (Wildman–Crippen MR) is 103 cm³/mol. The van der Waals surface area contributed by atoms with E-state index in [9.17, 15) is 4.79 Å². The van der Waals surface area contributed by atoms with E-state index in [1.54, 1.807) is 0 Å². The minimum absolute atomic E-state index is 0.273. The number of aryl methyl sites for hydroxylation is 2. The minimum Gasteiger partial charge on any atom is -0.321 e. The summed E-state index contributed by atoms with van der Waals surface area (Å²) >= 11 is 0. The van der Waals surface area contributed by atoms with Crippen LogP contribution in [-0.2, 0) is 12.8 Å². The number of benzene rings is 1. The number of carbonyl (C=O) groups excluding carboxylic acids is 1. The Hall–Kier alpha value is -3.68. The molecule has 3 aromatic heterocycles. The molecule has 0 saturated heterocycles. The molecule has 4 aromatic rings. The number of carbonyl (C=O) groups is 1. The molecule has 1 N–H and O–H groups in total. The minimum atomic E-state index is -0.296. The van der Waals surface area contributed by atoms with Crippen LogP contribution >= 0.6 is 0 Å². The molecule has 1 aliphatic rings. The van der Waals surface area contributed by atoms with Gasteiger partial charge >= 0.3 is 0 Å². The van der Waals surface area contributed by atoms with Gasteiger partial charge in [-0.25, -0.2) is 9.97 Å². The maximum Gasteiger partial charge on any atom is 0.275 e. The summed E-state index contributed by atoms with van der Waals surface area (Å²) in [6.07, 6.45) is 10.8. The molecule has 8 heteroatoms. The number of imidazole rings is 1. The van der Waals surface area contributed by atoms with E-state index in [-0.39, 0.29) is 11.6 Å². The highest BCUT2D eigenvalue weighted by atomic mass is 16.1. The van der Waals surface area contributed by atoms with Crippen LogP contribution in [0, 0.1) is 0 Å². The third kappa shape index (κ3) is 2.98. The Morgan fingerprint density at radius 2 is 1.89 bits per heavy atom. The topological polar surface area (TPSA) is 98.0 Å². The average Bonchev–Trinajstić information content (AvgIpc) is 3.20. The molecule has 1 amide bonds. The second-order valence-corrected chi connectivity index (χ2v) is 6.72. The van der Waals surface area contributed by atoms with Crippen LogP contribution in [0.15, 0.2) is 49.1 Å². The Balaban J connectivity index is 1.40. The molecular formula is C20H17N7O. The lowest BCUT2D eigenvalue weighted by molar-refractivity contribution is 0.102. The maximum atomic E-state index is 12.2. The van der Waals surface area contributed by atoms with Gasteiger partial charge in [-0.3, -0.25) is 14.2 Å². The standard InChI is InChI=1S/C20H17N7O/c28-19(16-11-21-9-10-22-16)23-14-7-5-13(6-8-14)17-12-27-18-4-2-1-3-15(18)25-26-20(27)24-17/h5-12H,1-4H2,(H,23,28). The van der Waals surface area contributed by atoms with E-state index in [2.05, 4.69) is 34.9 Å². The van der Waals surface area contributed by atoms with E-state index < -0.39 is 0 Å². The van der Waals surface area contributed by atoms with Gasteiger partial charge in [-0.15, -0.1) is 5.10 Å². The van der Waals surface area contributed by atoms with E-state index in [0.29, 0.717) is 11.5 Å². The number of hydrogen-bond donors (Lipinski definition) is 1. The van der Waals surface area contributed by atoms with E-state index in [1.807, 2.05) is 30.5 Å². The van der Waals surface area contributed by atoms with Gasteiger partial charge < -0.3 is 5.32 Å². The fourth-order valence-corrected chi connectivity index (χ4v) is 3.46. The van der Waals surface area contributed by atoms with Crippen LogP contribution in [0.25, 0.3) is 17.0 Å². The first-order chi connectivity index (χ1) is 13.8. The van der Waals surface area contributed by atoms with E-state index in [1.165, 1.54) is 30.7 Å². The van der Waals surface area contributed by atoms with Crippen molar-refractivity contribution >= 4 is 17.4 Å². The summed E-state index contributed by atoms with van der Waals surface area (Å²) < 4.78 is 2.06. The van der Waals surface area contributed by atoms with Crippen molar-refractivity contribution in [1.82, 2.24) is 29.5 Å². The quantitative estimate of drug-likeness (QED) is 0.595. The summed E-state index contributed by atoms with van der Waals surface area (Å²) in [6.45, 7) is 0. The Bertz CT molecular complexity index is 1150. The van der Waals surface area contributed by atoms with Crippen LogP contribution in [0.2, 0.25) is 0 Å². The number of fused-ring (bicyclic) bond motifs is 3. The van der Waals surface area contributed by atoms with E-state index in [4.69, 9.17) is 0 Å². The summed E-state index contributed by atoms with van der Waals surface area (Å²) in [4.78, 5) is 24.7. The van der Waals surface area contributed by atoms with Crippen molar-refractivity contribution in [3.8, 4) is 11.3 Å². The van der Waals surface area contributed by atoms with Crippen LogP contribution in [-0.4, -0.2) is 35.5 Å². The number of aromatic nitrogens is 6. The lowest BCUT2D eigenvalue weighted by Gasteiger charge is -2.14. The van der Waals surface area contributed by atoms with Crippen molar-refractivity contribution in [1.29, 1.82) is 0 Å². The van der Waals surface area contributed by atoms with Crippen molar-refractivity contribution in [2.45, 2.75) is 25.7 Å². The Morgan fingerprint density at radius 1 is 1.04 bits per heavy atom. The average molecular weight is 371 g/mol. The zero-order valence-electron chi connectivity index (χ0n) is 15.0. The fraction of sp³-hybridized carbons (Fsp3) is 0.200. The second kappa shape index (κ2) is 6.80.